The molecule has 194 valence electrons. The van der Waals surface area contributed by atoms with Crippen molar-refractivity contribution in [3.63, 3.8) is 0 Å². The van der Waals surface area contributed by atoms with Crippen LogP contribution in [0.25, 0.3) is 10.9 Å². The average molecular weight is 517 g/mol. The molecule has 0 bridgehead atoms. The van der Waals surface area contributed by atoms with Crippen molar-refractivity contribution in [3.05, 3.63) is 70.7 Å². The number of carbonyl (C=O) groups excluding carboxylic acids is 2. The van der Waals surface area contributed by atoms with Crippen LogP contribution in [0.3, 0.4) is 0 Å². The van der Waals surface area contributed by atoms with Crippen LogP contribution in [0.4, 0.5) is 4.39 Å². The first-order valence-corrected chi connectivity index (χ1v) is 12.0. The van der Waals surface area contributed by atoms with Crippen LogP contribution >= 0.6 is 12.4 Å². The third-order valence-electron chi connectivity index (χ3n) is 6.83. The fourth-order valence-electron chi connectivity index (χ4n) is 4.91. The van der Waals surface area contributed by atoms with E-state index >= 15 is 0 Å². The van der Waals surface area contributed by atoms with Crippen molar-refractivity contribution in [2.75, 3.05) is 40.9 Å². The number of nitrogens with zero attached hydrogens (tertiary/aromatic N) is 3. The second-order valence-electron chi connectivity index (χ2n) is 9.25. The van der Waals surface area contributed by atoms with E-state index in [4.69, 9.17) is 10.5 Å². The number of halogens is 2. The van der Waals surface area contributed by atoms with Gasteiger partial charge in [-0.1, -0.05) is 18.2 Å². The zero-order chi connectivity index (χ0) is 25.1. The monoisotopic (exact) mass is 516 g/mol. The molecule has 2 amide bonds. The highest BCUT2D eigenvalue weighted by molar-refractivity contribution is 6.15. The molecule has 2 aromatic carbocycles. The quantitative estimate of drug-likeness (QED) is 0.514. The number of ether oxygens (including phenoxy) is 1. The predicted molar refractivity (Wildman–Crippen MR) is 141 cm³/mol. The van der Waals surface area contributed by atoms with Gasteiger partial charge >= 0.3 is 0 Å². The molecule has 4 rings (SSSR count). The number of carbonyl (C=O) groups is 2. The fourth-order valence-corrected chi connectivity index (χ4v) is 4.91. The van der Waals surface area contributed by atoms with Crippen LogP contribution in [-0.4, -0.2) is 67.1 Å². The van der Waals surface area contributed by atoms with Gasteiger partial charge in [0.1, 0.15) is 5.82 Å². The molecule has 9 heteroatoms. The first kappa shape index (κ1) is 27.6. The molecule has 0 aliphatic carbocycles. The van der Waals surface area contributed by atoms with Crippen molar-refractivity contribution < 1.29 is 18.7 Å². The van der Waals surface area contributed by atoms with Crippen LogP contribution < -0.4 is 5.73 Å². The third kappa shape index (κ3) is 5.40. The minimum atomic E-state index is -0.222. The second kappa shape index (κ2) is 11.9. The van der Waals surface area contributed by atoms with Gasteiger partial charge in [0.05, 0.1) is 12.2 Å². The van der Waals surface area contributed by atoms with Gasteiger partial charge in [0, 0.05) is 70.0 Å². The number of aromatic nitrogens is 1. The summed E-state index contributed by atoms with van der Waals surface area (Å²) in [6, 6.07) is 10.6. The third-order valence-corrected chi connectivity index (χ3v) is 6.83. The Morgan fingerprint density at radius 1 is 1.14 bits per heavy atom. The maximum Gasteiger partial charge on any atom is 0.256 e. The zero-order valence-electron chi connectivity index (χ0n) is 21.0. The molecule has 1 aromatic heterocycles. The molecule has 1 saturated heterocycles. The van der Waals surface area contributed by atoms with Gasteiger partial charge < -0.3 is 24.8 Å². The Bertz CT molecular complexity index is 1240. The minimum Gasteiger partial charge on any atom is -0.383 e. The van der Waals surface area contributed by atoms with Crippen molar-refractivity contribution in [1.29, 1.82) is 0 Å². The Kier molecular flexibility index (Phi) is 9.11. The van der Waals surface area contributed by atoms with Gasteiger partial charge in [0.25, 0.3) is 11.8 Å². The van der Waals surface area contributed by atoms with Crippen molar-refractivity contribution in [2.45, 2.75) is 31.8 Å². The van der Waals surface area contributed by atoms with Crippen LogP contribution in [0.5, 0.6) is 0 Å². The largest absolute Gasteiger partial charge is 0.383 e. The lowest BCUT2D eigenvalue weighted by Crippen LogP contribution is -2.38. The van der Waals surface area contributed by atoms with E-state index in [9.17, 15) is 14.0 Å². The molecule has 0 spiro atoms. The summed E-state index contributed by atoms with van der Waals surface area (Å²) in [5, 5.41) is 0.663. The van der Waals surface area contributed by atoms with Gasteiger partial charge in [-0.2, -0.15) is 0 Å². The number of amides is 2. The van der Waals surface area contributed by atoms with Crippen LogP contribution in [0.1, 0.15) is 50.6 Å². The van der Waals surface area contributed by atoms with Gasteiger partial charge in [-0.25, -0.2) is 4.39 Å². The molecule has 3 aromatic rings. The number of piperidine rings is 1. The number of fused-ring (bicyclic) bond motifs is 1. The van der Waals surface area contributed by atoms with E-state index in [1.54, 1.807) is 33.3 Å². The Hall–Kier alpha value is -2.94. The number of methoxy groups -OCH3 is 1. The van der Waals surface area contributed by atoms with Gasteiger partial charge in [-0.05, 0) is 48.1 Å². The van der Waals surface area contributed by atoms with E-state index in [-0.39, 0.29) is 36.0 Å². The zero-order valence-corrected chi connectivity index (χ0v) is 21.8. The lowest BCUT2D eigenvalue weighted by Gasteiger charge is -2.32. The normalized spacial score (nSPS) is 14.1. The van der Waals surface area contributed by atoms with E-state index < -0.39 is 0 Å². The van der Waals surface area contributed by atoms with E-state index in [1.165, 1.54) is 11.0 Å². The molecule has 7 nitrogen and oxygen atoms in total. The SMILES string of the molecule is COCCn1cc(C(=O)N2CCC(c3cc(CN)ccc3F)CC2)c2c(C(=O)N(C)C)cccc21.Cl. The maximum atomic E-state index is 14.5. The average Bonchev–Trinajstić information content (AvgIpc) is 3.25. The second-order valence-corrected chi connectivity index (χ2v) is 9.25. The Balaban J connectivity index is 0.00000361. The molecular weight excluding hydrogens is 483 g/mol. The fraction of sp³-hybridized carbons (Fsp3) is 0.407. The molecular formula is C27H34ClFN4O3. The summed E-state index contributed by atoms with van der Waals surface area (Å²) in [4.78, 5) is 30.0. The summed E-state index contributed by atoms with van der Waals surface area (Å²) in [5.41, 5.74) is 9.16. The van der Waals surface area contributed by atoms with E-state index in [0.29, 0.717) is 67.7 Å². The lowest BCUT2D eigenvalue weighted by atomic mass is 9.88. The summed E-state index contributed by atoms with van der Waals surface area (Å²) in [6.45, 7) is 2.46. The van der Waals surface area contributed by atoms with Crippen LogP contribution in [0, 0.1) is 5.82 Å². The molecule has 0 saturated carbocycles. The number of hydrogen-bond acceptors (Lipinski definition) is 4. The summed E-state index contributed by atoms with van der Waals surface area (Å²) >= 11 is 0. The molecule has 2 N–H and O–H groups in total. The molecule has 0 unspecified atom stereocenters. The Morgan fingerprint density at radius 2 is 1.86 bits per heavy atom. The van der Waals surface area contributed by atoms with E-state index in [1.807, 2.05) is 33.9 Å². The summed E-state index contributed by atoms with van der Waals surface area (Å²) in [7, 11) is 5.04. The smallest absolute Gasteiger partial charge is 0.256 e. The molecule has 0 radical (unpaired) electrons. The molecule has 1 aliphatic heterocycles. The molecule has 1 fully saturated rings. The van der Waals surface area contributed by atoms with E-state index in [2.05, 4.69) is 0 Å². The lowest BCUT2D eigenvalue weighted by molar-refractivity contribution is 0.0714. The highest BCUT2D eigenvalue weighted by Crippen LogP contribution is 2.33. The highest BCUT2D eigenvalue weighted by Gasteiger charge is 2.29. The van der Waals surface area contributed by atoms with Crippen molar-refractivity contribution in [3.8, 4) is 0 Å². The number of rotatable bonds is 7. The van der Waals surface area contributed by atoms with Gasteiger partial charge in [-0.3, -0.25) is 9.59 Å². The standard InChI is InChI=1S/C27H33FN4O3.ClH/c1-30(2)26(33)20-5-4-6-24-25(20)22(17-32(24)13-14-35-3)27(34)31-11-9-19(10-12-31)21-15-18(16-29)7-8-23(21)28;/h4-8,15,17,19H,9-14,16,29H2,1-3H3;1H. The number of nitrogens with two attached hydrogens (primary N) is 1. The molecule has 2 heterocycles. The predicted octanol–water partition coefficient (Wildman–Crippen LogP) is 4.03. The van der Waals surface area contributed by atoms with Crippen molar-refractivity contribution in [2.24, 2.45) is 5.73 Å². The summed E-state index contributed by atoms with van der Waals surface area (Å²) < 4.78 is 21.7. The van der Waals surface area contributed by atoms with Gasteiger partial charge in [-0.15, -0.1) is 12.4 Å². The highest BCUT2D eigenvalue weighted by atomic mass is 35.5. The number of likely N-dealkylation sites (tertiary alicyclic amines) is 1. The van der Waals surface area contributed by atoms with Crippen molar-refractivity contribution in [1.82, 2.24) is 14.4 Å². The summed E-state index contributed by atoms with van der Waals surface area (Å²) in [5.74, 6) is -0.442. The maximum absolute atomic E-state index is 14.5. The molecule has 0 atom stereocenters. The first-order valence-electron chi connectivity index (χ1n) is 12.0. The summed E-state index contributed by atoms with van der Waals surface area (Å²) in [6.07, 6.45) is 3.17. The van der Waals surface area contributed by atoms with Gasteiger partial charge in [0.15, 0.2) is 0 Å². The van der Waals surface area contributed by atoms with Crippen LogP contribution in [0.15, 0.2) is 42.6 Å². The Morgan fingerprint density at radius 3 is 2.50 bits per heavy atom. The topological polar surface area (TPSA) is 80.8 Å². The van der Waals surface area contributed by atoms with E-state index in [0.717, 1.165) is 11.1 Å². The Labute approximate surface area is 217 Å². The molecule has 36 heavy (non-hydrogen) atoms. The van der Waals surface area contributed by atoms with Crippen molar-refractivity contribution >= 4 is 35.1 Å². The number of benzene rings is 2. The van der Waals surface area contributed by atoms with Crippen LogP contribution in [0.2, 0.25) is 0 Å². The minimum absolute atomic E-state index is 0. The van der Waals surface area contributed by atoms with Crippen LogP contribution in [-0.2, 0) is 17.8 Å². The number of hydrogen-bond donors (Lipinski definition) is 1. The first-order chi connectivity index (χ1) is 16.8. The molecule has 1 aliphatic rings. The van der Waals surface area contributed by atoms with Gasteiger partial charge in [0.2, 0.25) is 0 Å².